The highest BCUT2D eigenvalue weighted by Gasteiger charge is 2.34. The van der Waals surface area contributed by atoms with Gasteiger partial charge in [0.2, 0.25) is 0 Å². The van der Waals surface area contributed by atoms with Crippen molar-refractivity contribution in [2.75, 3.05) is 0 Å². The largest absolute Gasteiger partial charge is 0.256 e. The second-order valence-corrected chi connectivity index (χ2v) is 15.3. The predicted octanol–water partition coefficient (Wildman–Crippen LogP) is 6.20. The molecule has 0 bridgehead atoms. The summed E-state index contributed by atoms with van der Waals surface area (Å²) in [6, 6.07) is 47.6. The summed E-state index contributed by atoms with van der Waals surface area (Å²) in [6.07, 6.45) is 7.03. The Morgan fingerprint density at radius 2 is 1.06 bits per heavy atom. The van der Waals surface area contributed by atoms with Crippen LogP contribution < -0.4 is 21.2 Å². The summed E-state index contributed by atoms with van der Waals surface area (Å²) in [6.45, 7) is -2.16. The molecule has 0 amide bonds. The van der Waals surface area contributed by atoms with Crippen LogP contribution in [0.1, 0.15) is 0 Å². The maximum Gasteiger partial charge on any atom is 0.0708 e. The Kier molecular flexibility index (Phi) is 6.36. The number of rotatable bonds is 6. The Morgan fingerprint density at radius 1 is 0.545 bits per heavy atom. The molecule has 160 valence electrons. The molecule has 1 unspecified atom stereocenters. The van der Waals surface area contributed by atoms with E-state index in [1.165, 1.54) is 26.8 Å². The fourth-order valence-corrected chi connectivity index (χ4v) is 14.0. The molecule has 4 aromatic carbocycles. The first-order chi connectivity index (χ1) is 16.3. The van der Waals surface area contributed by atoms with Gasteiger partial charge in [-0.05, 0) is 47.5 Å². The molecule has 1 aromatic heterocycles. The summed E-state index contributed by atoms with van der Waals surface area (Å²) in [5, 5.41) is 5.31. The van der Waals surface area contributed by atoms with Crippen LogP contribution in [0.15, 0.2) is 140 Å². The molecule has 33 heavy (non-hydrogen) atoms. The molecule has 0 N–H and O–H groups in total. The van der Waals surface area contributed by atoms with Crippen LogP contribution in [0.3, 0.4) is 0 Å². The quantitative estimate of drug-likeness (QED) is 0.275. The fraction of sp³-hybridized carbons (Fsp3) is 0. The summed E-state index contributed by atoms with van der Waals surface area (Å²) in [5.74, 6) is 0. The number of hydrogen-bond acceptors (Lipinski definition) is 1. The van der Waals surface area contributed by atoms with Crippen molar-refractivity contribution in [2.24, 2.45) is 0 Å². The minimum Gasteiger partial charge on any atom is -0.256 e. The minimum atomic E-state index is -2.16. The molecular formula is C30H25NP2. The third kappa shape index (κ3) is 4.23. The van der Waals surface area contributed by atoms with Crippen LogP contribution in [0.2, 0.25) is 0 Å². The van der Waals surface area contributed by atoms with Gasteiger partial charge in [-0.25, -0.2) is 0 Å². The highest BCUT2D eigenvalue weighted by Crippen LogP contribution is 2.72. The van der Waals surface area contributed by atoms with Crippen LogP contribution in [0.4, 0.5) is 0 Å². The molecular weight excluding hydrogens is 436 g/mol. The first-order valence-electron chi connectivity index (χ1n) is 11.0. The first kappa shape index (κ1) is 21.6. The van der Waals surface area contributed by atoms with Crippen molar-refractivity contribution in [2.45, 2.75) is 0 Å². The zero-order valence-corrected chi connectivity index (χ0v) is 20.1. The Bertz CT molecular complexity index is 1330. The van der Waals surface area contributed by atoms with Crippen LogP contribution in [0.5, 0.6) is 0 Å². The molecule has 3 heteroatoms. The highest BCUT2D eigenvalue weighted by molar-refractivity contribution is 8.48. The number of aromatic nitrogens is 1. The van der Waals surface area contributed by atoms with E-state index in [0.29, 0.717) is 0 Å². The van der Waals surface area contributed by atoms with Gasteiger partial charge in [-0.15, -0.1) is 0 Å². The number of benzene rings is 4. The zero-order valence-electron chi connectivity index (χ0n) is 18.3. The number of pyridine rings is 1. The number of hydrogen-bond donors (Lipinski definition) is 0. The Hall–Kier alpha value is -3.24. The van der Waals surface area contributed by atoms with Gasteiger partial charge >= 0.3 is 0 Å². The van der Waals surface area contributed by atoms with Crippen LogP contribution in [0, 0.1) is 0 Å². The average molecular weight is 461 g/mol. The molecule has 5 rings (SSSR count). The molecule has 1 atom stereocenters. The van der Waals surface area contributed by atoms with Crippen molar-refractivity contribution in [3.63, 3.8) is 0 Å². The summed E-state index contributed by atoms with van der Waals surface area (Å²) in [7, 11) is -0.783. The van der Waals surface area contributed by atoms with Gasteiger partial charge in [-0.3, -0.25) is 4.98 Å². The second kappa shape index (κ2) is 9.72. The third-order valence-electron chi connectivity index (χ3n) is 5.77. The smallest absolute Gasteiger partial charge is 0.0708 e. The maximum absolute atomic E-state index is 5.16. The fourth-order valence-electron chi connectivity index (χ4n) is 4.25. The third-order valence-corrected chi connectivity index (χ3v) is 15.1. The van der Waals surface area contributed by atoms with Crippen molar-refractivity contribution in [1.82, 2.24) is 4.98 Å². The second-order valence-electron chi connectivity index (χ2n) is 7.82. The maximum atomic E-state index is 5.16. The van der Waals surface area contributed by atoms with Gasteiger partial charge in [0.1, 0.15) is 0 Å². The molecule has 1 nitrogen and oxygen atoms in total. The Morgan fingerprint density at radius 3 is 1.64 bits per heavy atom. The van der Waals surface area contributed by atoms with Gasteiger partial charge in [-0.1, -0.05) is 128 Å². The monoisotopic (exact) mass is 461 g/mol. The van der Waals surface area contributed by atoms with E-state index < -0.39 is 14.2 Å². The van der Waals surface area contributed by atoms with Crippen molar-refractivity contribution < 1.29 is 0 Å². The molecule has 0 saturated carbocycles. The lowest BCUT2D eigenvalue weighted by Gasteiger charge is -2.37. The van der Waals surface area contributed by atoms with Crippen LogP contribution in [-0.2, 0) is 0 Å². The van der Waals surface area contributed by atoms with E-state index >= 15 is 0 Å². The van der Waals surface area contributed by atoms with Gasteiger partial charge in [0.25, 0.3) is 0 Å². The van der Waals surface area contributed by atoms with E-state index in [9.17, 15) is 0 Å². The van der Waals surface area contributed by atoms with Gasteiger partial charge in [-0.2, -0.15) is 0 Å². The summed E-state index contributed by atoms with van der Waals surface area (Å²) in [4.78, 5) is 4.72. The van der Waals surface area contributed by atoms with Gasteiger partial charge in [0.05, 0.1) is 5.69 Å². The van der Waals surface area contributed by atoms with Crippen molar-refractivity contribution in [3.8, 4) is 11.3 Å². The van der Waals surface area contributed by atoms with E-state index in [4.69, 9.17) is 11.3 Å². The van der Waals surface area contributed by atoms with E-state index in [2.05, 4.69) is 127 Å². The SMILES string of the molecule is C=P(c1ccccc1)(c1ccccc1-c1ccccn1)P(c1ccccc1)c1ccccc1. The van der Waals surface area contributed by atoms with E-state index in [1.54, 1.807) is 0 Å². The summed E-state index contributed by atoms with van der Waals surface area (Å²) >= 11 is 0. The standard InChI is InChI=1S/C30H25NP2/c1-33(27-19-9-4-10-20-27,30-23-12-11-21-28(30)29-22-13-14-24-31-29)32(25-15-5-2-6-16-25)26-17-7-3-8-18-26/h2-24H,1H2. The van der Waals surface area contributed by atoms with Gasteiger partial charge in [0.15, 0.2) is 0 Å². The van der Waals surface area contributed by atoms with E-state index in [-0.39, 0.29) is 0 Å². The van der Waals surface area contributed by atoms with Crippen LogP contribution in [-0.4, -0.2) is 11.3 Å². The normalized spacial score (nSPS) is 12.9. The number of nitrogens with zero attached hydrogens (tertiary/aromatic N) is 1. The zero-order chi connectivity index (χ0) is 22.5. The molecule has 0 aliphatic rings. The topological polar surface area (TPSA) is 12.9 Å². The lowest BCUT2D eigenvalue weighted by molar-refractivity contribution is 1.33. The average Bonchev–Trinajstić information content (AvgIpc) is 2.91. The lowest BCUT2D eigenvalue weighted by Crippen LogP contribution is -2.24. The Balaban J connectivity index is 1.85. The molecule has 1 heterocycles. The minimum absolute atomic E-state index is 0.783. The predicted molar refractivity (Wildman–Crippen MR) is 148 cm³/mol. The van der Waals surface area contributed by atoms with E-state index in [1.807, 2.05) is 12.3 Å². The van der Waals surface area contributed by atoms with Gasteiger partial charge in [0, 0.05) is 11.8 Å². The lowest BCUT2D eigenvalue weighted by atomic mass is 10.1. The molecule has 0 fully saturated rings. The molecule has 0 saturated heterocycles. The van der Waals surface area contributed by atoms with Crippen LogP contribution in [0.25, 0.3) is 11.3 Å². The van der Waals surface area contributed by atoms with Crippen LogP contribution >= 0.6 is 14.2 Å². The first-order valence-corrected chi connectivity index (χ1v) is 15.0. The molecule has 0 radical (unpaired) electrons. The summed E-state index contributed by atoms with van der Waals surface area (Å²) < 4.78 is 0. The molecule has 0 aliphatic carbocycles. The molecule has 0 spiro atoms. The summed E-state index contributed by atoms with van der Waals surface area (Å²) in [5.41, 5.74) is 2.16. The van der Waals surface area contributed by atoms with Gasteiger partial charge < -0.3 is 0 Å². The molecule has 5 aromatic rings. The highest BCUT2D eigenvalue weighted by atomic mass is 32.1. The molecule has 0 aliphatic heterocycles. The van der Waals surface area contributed by atoms with Crippen molar-refractivity contribution in [1.29, 1.82) is 0 Å². The van der Waals surface area contributed by atoms with Crippen molar-refractivity contribution in [3.05, 3.63) is 140 Å². The van der Waals surface area contributed by atoms with Crippen molar-refractivity contribution >= 4 is 41.7 Å². The van der Waals surface area contributed by atoms with E-state index in [0.717, 1.165) is 5.69 Å². The Labute approximate surface area is 197 Å².